The van der Waals surface area contributed by atoms with Crippen LogP contribution in [0.25, 0.3) is 16.7 Å². The van der Waals surface area contributed by atoms with Gasteiger partial charge in [0.1, 0.15) is 0 Å². The molecule has 1 saturated carbocycles. The third kappa shape index (κ3) is 4.58. The van der Waals surface area contributed by atoms with Gasteiger partial charge in [-0.05, 0) is 54.2 Å². The number of benzene rings is 1. The molecule has 8 heteroatoms. The molecular weight excluding hydrogens is 436 g/mol. The van der Waals surface area contributed by atoms with Crippen LogP contribution in [0.3, 0.4) is 0 Å². The van der Waals surface area contributed by atoms with Gasteiger partial charge in [-0.25, -0.2) is 18.4 Å². The summed E-state index contributed by atoms with van der Waals surface area (Å²) in [4.78, 5) is 19.2. The molecule has 7 nitrogen and oxygen atoms in total. The highest BCUT2D eigenvalue weighted by molar-refractivity contribution is 7.89. The van der Waals surface area contributed by atoms with Crippen LogP contribution in [0, 0.1) is 0 Å². The number of nitrogens with two attached hydrogens (primary N) is 1. The number of urea groups is 1. The number of carbonyl (C=O) groups is 1. The first kappa shape index (κ1) is 21.9. The number of nitrogens with zero attached hydrogens (tertiary/aromatic N) is 2. The molecule has 0 bridgehead atoms. The fourth-order valence-corrected chi connectivity index (χ4v) is 5.45. The molecule has 1 aliphatic heterocycles. The van der Waals surface area contributed by atoms with Gasteiger partial charge >= 0.3 is 6.03 Å². The maximum atomic E-state index is 12.6. The normalized spacial score (nSPS) is 18.6. The van der Waals surface area contributed by atoms with E-state index in [9.17, 15) is 13.2 Å². The third-order valence-electron chi connectivity index (χ3n) is 6.80. The molecule has 0 saturated heterocycles. The maximum Gasteiger partial charge on any atom is 0.317 e. The minimum absolute atomic E-state index is 0.0462. The van der Waals surface area contributed by atoms with E-state index >= 15 is 0 Å². The zero-order valence-electron chi connectivity index (χ0n) is 18.5. The number of sulfonamides is 1. The van der Waals surface area contributed by atoms with Crippen LogP contribution < -0.4 is 10.5 Å². The Labute approximate surface area is 194 Å². The van der Waals surface area contributed by atoms with Crippen LogP contribution in [0.1, 0.15) is 43.4 Å². The fourth-order valence-electron chi connectivity index (χ4n) is 4.93. The Bertz CT molecular complexity index is 1240. The Hall–Kier alpha value is -2.97. The van der Waals surface area contributed by atoms with Gasteiger partial charge in [-0.3, -0.25) is 4.98 Å². The molecule has 1 fully saturated rings. The summed E-state index contributed by atoms with van der Waals surface area (Å²) in [5, 5.41) is 8.38. The van der Waals surface area contributed by atoms with Crippen molar-refractivity contribution < 1.29 is 13.2 Å². The van der Waals surface area contributed by atoms with Crippen molar-refractivity contribution in [2.45, 2.75) is 49.5 Å². The molecule has 0 atom stereocenters. The lowest BCUT2D eigenvalue weighted by Gasteiger charge is -2.28. The number of amides is 2. The molecule has 2 aromatic rings. The van der Waals surface area contributed by atoms with Gasteiger partial charge in [-0.1, -0.05) is 37.1 Å². The fraction of sp³-hybridized carbons (Fsp3) is 0.360. The van der Waals surface area contributed by atoms with E-state index in [2.05, 4.69) is 28.5 Å². The summed E-state index contributed by atoms with van der Waals surface area (Å²) in [6.45, 7) is 1.32. The van der Waals surface area contributed by atoms with Crippen molar-refractivity contribution in [2.75, 3.05) is 13.1 Å². The summed E-state index contributed by atoms with van der Waals surface area (Å²) in [6.07, 6.45) is 12.4. The van der Waals surface area contributed by atoms with E-state index in [-0.39, 0.29) is 10.9 Å². The van der Waals surface area contributed by atoms with Crippen molar-refractivity contribution in [3.05, 3.63) is 65.5 Å². The lowest BCUT2D eigenvalue weighted by atomic mass is 9.94. The average Bonchev–Trinajstić information content (AvgIpc) is 3.48. The van der Waals surface area contributed by atoms with Gasteiger partial charge in [-0.15, -0.1) is 0 Å². The molecule has 0 spiro atoms. The van der Waals surface area contributed by atoms with Crippen molar-refractivity contribution in [3.8, 4) is 11.1 Å². The summed E-state index contributed by atoms with van der Waals surface area (Å²) in [6, 6.07) is 9.03. The second-order valence-corrected chi connectivity index (χ2v) is 10.5. The third-order valence-corrected chi connectivity index (χ3v) is 7.73. The van der Waals surface area contributed by atoms with Gasteiger partial charge in [-0.2, -0.15) is 0 Å². The van der Waals surface area contributed by atoms with Crippen LogP contribution in [0.2, 0.25) is 0 Å². The number of hydrogen-bond acceptors (Lipinski definition) is 4. The van der Waals surface area contributed by atoms with E-state index in [1.165, 1.54) is 36.1 Å². The lowest BCUT2D eigenvalue weighted by molar-refractivity contribution is 0.198. The SMILES string of the molecule is NS(=O)(=O)c1ccc(-c2cnc3c(c2)C(C2=CCN(C(=O)NC4CCCC4)CC2)=CC3)cc1. The Morgan fingerprint density at radius 2 is 1.85 bits per heavy atom. The number of fused-ring (bicyclic) bond motifs is 1. The molecule has 33 heavy (non-hydrogen) atoms. The van der Waals surface area contributed by atoms with Gasteiger partial charge < -0.3 is 10.2 Å². The number of rotatable bonds is 4. The van der Waals surface area contributed by atoms with Gasteiger partial charge in [0.15, 0.2) is 0 Å². The largest absolute Gasteiger partial charge is 0.335 e. The topological polar surface area (TPSA) is 105 Å². The van der Waals surface area contributed by atoms with Gasteiger partial charge in [0.2, 0.25) is 10.0 Å². The first-order chi connectivity index (χ1) is 15.9. The quantitative estimate of drug-likeness (QED) is 0.721. The van der Waals surface area contributed by atoms with Crippen LogP contribution in [-0.2, 0) is 16.4 Å². The number of allylic oxidation sites excluding steroid dienone is 2. The summed E-state index contributed by atoms with van der Waals surface area (Å²) < 4.78 is 23.1. The lowest BCUT2D eigenvalue weighted by Crippen LogP contribution is -2.45. The molecule has 1 aromatic carbocycles. The van der Waals surface area contributed by atoms with Gasteiger partial charge in [0.25, 0.3) is 0 Å². The van der Waals surface area contributed by atoms with Crippen LogP contribution >= 0.6 is 0 Å². The van der Waals surface area contributed by atoms with E-state index < -0.39 is 10.0 Å². The smallest absolute Gasteiger partial charge is 0.317 e. The van der Waals surface area contributed by atoms with Crippen LogP contribution in [0.4, 0.5) is 4.79 Å². The highest BCUT2D eigenvalue weighted by Gasteiger charge is 2.25. The van der Waals surface area contributed by atoms with Crippen LogP contribution in [0.15, 0.2) is 59.1 Å². The molecule has 1 aromatic heterocycles. The summed E-state index contributed by atoms with van der Waals surface area (Å²) in [5.74, 6) is 0. The highest BCUT2D eigenvalue weighted by Crippen LogP contribution is 2.36. The second-order valence-electron chi connectivity index (χ2n) is 8.97. The monoisotopic (exact) mass is 464 g/mol. The number of hydrogen-bond donors (Lipinski definition) is 2. The van der Waals surface area contributed by atoms with Crippen LogP contribution in [0.5, 0.6) is 0 Å². The number of primary sulfonamides is 1. The zero-order valence-corrected chi connectivity index (χ0v) is 19.3. The van der Waals surface area contributed by atoms with E-state index in [0.717, 1.165) is 48.1 Å². The molecule has 3 aliphatic rings. The molecule has 5 rings (SSSR count). The van der Waals surface area contributed by atoms with Gasteiger partial charge in [0, 0.05) is 42.9 Å². The Morgan fingerprint density at radius 1 is 1.09 bits per heavy atom. The molecule has 2 heterocycles. The minimum atomic E-state index is -3.72. The van der Waals surface area contributed by atoms with Crippen molar-refractivity contribution in [1.82, 2.24) is 15.2 Å². The summed E-state index contributed by atoms with van der Waals surface area (Å²) in [7, 11) is -3.72. The second kappa shape index (κ2) is 8.76. The molecule has 0 unspecified atom stereocenters. The standard InChI is InChI=1S/C25H28N4O3S/c26-33(31,32)21-7-5-17(6-8-21)19-15-23-22(9-10-24(23)27-16-19)18-11-13-29(14-12-18)25(30)28-20-3-1-2-4-20/h5-9,11,15-16,20H,1-4,10,12-14H2,(H,28,30)(H2,26,31,32). The summed E-state index contributed by atoms with van der Waals surface area (Å²) >= 11 is 0. The van der Waals surface area contributed by atoms with Crippen molar-refractivity contribution in [3.63, 3.8) is 0 Å². The van der Waals surface area contributed by atoms with E-state index in [1.807, 2.05) is 11.1 Å². The number of aromatic nitrogens is 1. The molecule has 3 N–H and O–H groups in total. The van der Waals surface area contributed by atoms with Crippen LogP contribution in [-0.4, -0.2) is 43.5 Å². The number of carbonyl (C=O) groups excluding carboxylic acids is 1. The first-order valence-corrected chi connectivity index (χ1v) is 13.0. The van der Waals surface area contributed by atoms with Crippen molar-refractivity contribution >= 4 is 21.6 Å². The van der Waals surface area contributed by atoms with Crippen molar-refractivity contribution in [2.24, 2.45) is 5.14 Å². The first-order valence-electron chi connectivity index (χ1n) is 11.5. The van der Waals surface area contributed by atoms with E-state index in [4.69, 9.17) is 5.14 Å². The molecule has 2 aliphatic carbocycles. The maximum absolute atomic E-state index is 12.6. The predicted octanol–water partition coefficient (Wildman–Crippen LogP) is 3.62. The Morgan fingerprint density at radius 3 is 2.52 bits per heavy atom. The van der Waals surface area contributed by atoms with Gasteiger partial charge in [0.05, 0.1) is 10.6 Å². The number of nitrogens with one attached hydrogen (secondary N) is 1. The van der Waals surface area contributed by atoms with E-state index in [1.54, 1.807) is 12.1 Å². The molecule has 2 amide bonds. The van der Waals surface area contributed by atoms with E-state index in [0.29, 0.717) is 19.1 Å². The minimum Gasteiger partial charge on any atom is -0.335 e. The zero-order chi connectivity index (χ0) is 23.0. The average molecular weight is 465 g/mol. The summed E-state index contributed by atoms with van der Waals surface area (Å²) in [5.41, 5.74) is 6.40. The number of pyridine rings is 1. The molecular formula is C25H28N4O3S. The Kier molecular flexibility index (Phi) is 5.80. The Balaban J connectivity index is 1.31. The molecule has 0 radical (unpaired) electrons. The predicted molar refractivity (Wildman–Crippen MR) is 128 cm³/mol. The van der Waals surface area contributed by atoms with Crippen molar-refractivity contribution in [1.29, 1.82) is 0 Å². The molecule has 172 valence electrons. The highest BCUT2D eigenvalue weighted by atomic mass is 32.2.